The molecule has 7 nitrogen and oxygen atoms in total. The lowest BCUT2D eigenvalue weighted by atomic mass is 9.86. The summed E-state index contributed by atoms with van der Waals surface area (Å²) in [5.74, 6) is -3.73. The minimum Gasteiger partial charge on any atom is -0.481 e. The van der Waals surface area contributed by atoms with Crippen molar-refractivity contribution in [1.29, 1.82) is 0 Å². The summed E-state index contributed by atoms with van der Waals surface area (Å²) in [4.78, 5) is 40.8. The van der Waals surface area contributed by atoms with Crippen LogP contribution in [0, 0.1) is 17.6 Å². The number of halogens is 2. The maximum absolute atomic E-state index is 13.3. The van der Waals surface area contributed by atoms with Crippen molar-refractivity contribution >= 4 is 34.8 Å². The van der Waals surface area contributed by atoms with Gasteiger partial charge in [0, 0.05) is 29.6 Å². The molecule has 1 aliphatic rings. The predicted molar refractivity (Wildman–Crippen MR) is 123 cm³/mol. The maximum atomic E-state index is 13.3. The average Bonchev–Trinajstić information content (AvgIpc) is 3.30. The van der Waals surface area contributed by atoms with Crippen LogP contribution in [-0.4, -0.2) is 33.9 Å². The van der Waals surface area contributed by atoms with Crippen molar-refractivity contribution in [3.63, 3.8) is 0 Å². The molecular weight excluding hydrogens is 464 g/mol. The number of hydrogen-bond acceptors (Lipinski definition) is 5. The Labute approximate surface area is 197 Å². The Bertz CT molecular complexity index is 1200. The highest BCUT2D eigenvalue weighted by molar-refractivity contribution is 7.17. The van der Waals surface area contributed by atoms with Crippen LogP contribution in [0.2, 0.25) is 0 Å². The van der Waals surface area contributed by atoms with E-state index < -0.39 is 23.5 Å². The number of carbonyl (C=O) groups excluding carboxylic acids is 2. The zero-order valence-electron chi connectivity index (χ0n) is 17.9. The van der Waals surface area contributed by atoms with Crippen LogP contribution in [-0.2, 0) is 4.79 Å². The van der Waals surface area contributed by atoms with Crippen LogP contribution >= 0.6 is 11.3 Å². The number of thiazole rings is 1. The summed E-state index contributed by atoms with van der Waals surface area (Å²) in [6.45, 7) is 0. The van der Waals surface area contributed by atoms with Crippen molar-refractivity contribution < 1.29 is 28.3 Å². The van der Waals surface area contributed by atoms with Gasteiger partial charge in [0.1, 0.15) is 11.6 Å². The van der Waals surface area contributed by atoms with Gasteiger partial charge in [-0.1, -0.05) is 12.1 Å². The molecule has 1 aliphatic carbocycles. The zero-order valence-corrected chi connectivity index (χ0v) is 18.7. The van der Waals surface area contributed by atoms with Gasteiger partial charge in [-0.2, -0.15) is 0 Å². The van der Waals surface area contributed by atoms with Crippen molar-refractivity contribution in [2.24, 2.45) is 5.92 Å². The van der Waals surface area contributed by atoms with Crippen LogP contribution in [0.25, 0.3) is 10.4 Å². The monoisotopic (exact) mass is 485 g/mol. The molecule has 0 spiro atoms. The van der Waals surface area contributed by atoms with Crippen molar-refractivity contribution in [2.45, 2.75) is 31.7 Å². The molecular formula is C24H21F2N3O4S. The summed E-state index contributed by atoms with van der Waals surface area (Å²) in [7, 11) is 0. The summed E-state index contributed by atoms with van der Waals surface area (Å²) < 4.78 is 26.7. The molecule has 0 bridgehead atoms. The van der Waals surface area contributed by atoms with Gasteiger partial charge in [-0.05, 0) is 55.5 Å². The van der Waals surface area contributed by atoms with Gasteiger partial charge in [0.25, 0.3) is 11.8 Å². The lowest BCUT2D eigenvalue weighted by Crippen LogP contribution is -2.38. The molecule has 3 N–H and O–H groups in total. The molecule has 0 aliphatic heterocycles. The van der Waals surface area contributed by atoms with E-state index >= 15 is 0 Å². The van der Waals surface area contributed by atoms with Crippen LogP contribution < -0.4 is 10.6 Å². The number of nitrogens with zero attached hydrogens (tertiary/aromatic N) is 1. The number of aromatic nitrogens is 1. The number of carboxylic acid groups (broad SMARTS) is 1. The first-order valence-electron chi connectivity index (χ1n) is 10.7. The summed E-state index contributed by atoms with van der Waals surface area (Å²) in [6, 6.07) is 9.30. The van der Waals surface area contributed by atoms with Crippen LogP contribution in [0.3, 0.4) is 0 Å². The minimum atomic E-state index is -0.835. The molecule has 0 radical (unpaired) electrons. The number of amides is 2. The molecule has 1 saturated carbocycles. The Morgan fingerprint density at radius 2 is 1.59 bits per heavy atom. The Kier molecular flexibility index (Phi) is 6.97. The van der Waals surface area contributed by atoms with Gasteiger partial charge < -0.3 is 15.7 Å². The Morgan fingerprint density at radius 1 is 0.941 bits per heavy atom. The van der Waals surface area contributed by atoms with Gasteiger partial charge in [-0.15, -0.1) is 11.3 Å². The van der Waals surface area contributed by atoms with Gasteiger partial charge in [-0.3, -0.25) is 14.4 Å². The van der Waals surface area contributed by atoms with E-state index in [1.54, 1.807) is 30.5 Å². The maximum Gasteiger partial charge on any atom is 0.306 e. The average molecular weight is 486 g/mol. The molecule has 0 atom stereocenters. The molecule has 3 aromatic rings. The Morgan fingerprint density at radius 3 is 2.21 bits per heavy atom. The second-order valence-corrected chi connectivity index (χ2v) is 9.11. The van der Waals surface area contributed by atoms with Crippen molar-refractivity contribution in [3.05, 3.63) is 70.9 Å². The zero-order chi connectivity index (χ0) is 24.2. The molecule has 1 aromatic heterocycles. The first-order valence-corrected chi connectivity index (χ1v) is 11.5. The molecule has 176 valence electrons. The number of anilines is 1. The van der Waals surface area contributed by atoms with Gasteiger partial charge in [0.2, 0.25) is 0 Å². The van der Waals surface area contributed by atoms with Crippen LogP contribution in [0.1, 0.15) is 45.8 Å². The molecule has 2 amide bonds. The molecule has 1 fully saturated rings. The van der Waals surface area contributed by atoms with Gasteiger partial charge >= 0.3 is 5.97 Å². The van der Waals surface area contributed by atoms with Crippen LogP contribution in [0.15, 0.2) is 48.7 Å². The highest BCUT2D eigenvalue weighted by atomic mass is 32.1. The third-order valence-corrected chi connectivity index (χ3v) is 6.71. The quantitative estimate of drug-likeness (QED) is 0.469. The first kappa shape index (κ1) is 23.5. The lowest BCUT2D eigenvalue weighted by molar-refractivity contribution is -0.142. The highest BCUT2D eigenvalue weighted by Gasteiger charge is 2.27. The van der Waals surface area contributed by atoms with Crippen LogP contribution in [0.5, 0.6) is 0 Å². The fourth-order valence-corrected chi connectivity index (χ4v) is 4.68. The van der Waals surface area contributed by atoms with Gasteiger partial charge in [0.05, 0.1) is 10.8 Å². The third kappa shape index (κ3) is 5.63. The SMILES string of the molecule is O=C(Nc1ccc(-c2cnc(C(=O)NC3CCC(C(=O)O)CC3)s2)cc1)c1cc(F)cc(F)c1. The molecule has 34 heavy (non-hydrogen) atoms. The predicted octanol–water partition coefficient (Wildman–Crippen LogP) is 4.71. The molecule has 1 heterocycles. The fraction of sp³-hybridized carbons (Fsp3) is 0.250. The number of rotatable bonds is 6. The van der Waals surface area contributed by atoms with Gasteiger partial charge in [0.15, 0.2) is 5.01 Å². The second-order valence-electron chi connectivity index (χ2n) is 8.08. The Balaban J connectivity index is 1.35. The van der Waals surface area contributed by atoms with Crippen molar-refractivity contribution in [1.82, 2.24) is 10.3 Å². The highest BCUT2D eigenvalue weighted by Crippen LogP contribution is 2.29. The molecule has 0 saturated heterocycles. The first-order chi connectivity index (χ1) is 16.3. The molecule has 0 unspecified atom stereocenters. The third-order valence-electron chi connectivity index (χ3n) is 5.66. The van der Waals surface area contributed by atoms with E-state index in [2.05, 4.69) is 15.6 Å². The largest absolute Gasteiger partial charge is 0.481 e. The number of hydrogen-bond donors (Lipinski definition) is 3. The van der Waals surface area contributed by atoms with Crippen molar-refractivity contribution in [2.75, 3.05) is 5.32 Å². The summed E-state index contributed by atoms with van der Waals surface area (Å²) in [5.41, 5.74) is 1.10. The minimum absolute atomic E-state index is 0.0649. The second kappa shape index (κ2) is 10.1. The van der Waals surface area contributed by atoms with E-state index in [-0.39, 0.29) is 23.4 Å². The van der Waals surface area contributed by atoms with E-state index in [4.69, 9.17) is 5.11 Å². The topological polar surface area (TPSA) is 108 Å². The summed E-state index contributed by atoms with van der Waals surface area (Å²) in [6.07, 6.45) is 3.91. The van der Waals surface area contributed by atoms with Crippen LogP contribution in [0.4, 0.5) is 14.5 Å². The molecule has 2 aromatic carbocycles. The summed E-state index contributed by atoms with van der Waals surface area (Å²) >= 11 is 1.22. The number of carbonyl (C=O) groups is 3. The summed E-state index contributed by atoms with van der Waals surface area (Å²) in [5, 5.41) is 14.9. The number of nitrogens with one attached hydrogen (secondary N) is 2. The number of benzene rings is 2. The number of aliphatic carboxylic acids is 1. The lowest BCUT2D eigenvalue weighted by Gasteiger charge is -2.26. The Hall–Kier alpha value is -3.66. The van der Waals surface area contributed by atoms with E-state index in [9.17, 15) is 23.2 Å². The van der Waals surface area contributed by atoms with E-state index in [0.29, 0.717) is 42.4 Å². The molecule has 4 rings (SSSR count). The normalized spacial score (nSPS) is 17.7. The van der Waals surface area contributed by atoms with E-state index in [1.807, 2.05) is 0 Å². The standard InChI is InChI=1S/C24H21F2N3O4S/c25-16-9-15(10-17(26)11-16)21(30)28-18-5-1-13(2-6-18)20-12-27-23(34-20)22(31)29-19-7-3-14(4-8-19)24(32)33/h1-2,5-6,9-12,14,19H,3-4,7-8H2,(H,28,30)(H,29,31)(H,32,33). The van der Waals surface area contributed by atoms with E-state index in [1.165, 1.54) is 11.3 Å². The van der Waals surface area contributed by atoms with Gasteiger partial charge in [-0.25, -0.2) is 13.8 Å². The fourth-order valence-electron chi connectivity index (χ4n) is 3.85. The van der Waals surface area contributed by atoms with Crippen molar-refractivity contribution in [3.8, 4) is 10.4 Å². The van der Waals surface area contributed by atoms with E-state index in [0.717, 1.165) is 22.6 Å². The molecule has 10 heteroatoms. The number of carboxylic acids is 1. The smallest absolute Gasteiger partial charge is 0.306 e.